The van der Waals surface area contributed by atoms with E-state index in [0.29, 0.717) is 12.3 Å². The molecule has 5 heteroatoms. The van der Waals surface area contributed by atoms with Crippen molar-refractivity contribution >= 4 is 5.97 Å². The topological polar surface area (TPSA) is 69.4 Å². The van der Waals surface area contributed by atoms with Gasteiger partial charge in [0.05, 0.1) is 5.92 Å². The Kier molecular flexibility index (Phi) is 3.82. The zero-order valence-electron chi connectivity index (χ0n) is 8.88. The Bertz CT molecular complexity index is 285. The summed E-state index contributed by atoms with van der Waals surface area (Å²) < 4.78 is 4.97. The highest BCUT2D eigenvalue weighted by Gasteiger charge is 2.30. The van der Waals surface area contributed by atoms with E-state index in [1.165, 1.54) is 6.08 Å². The zero-order valence-corrected chi connectivity index (χ0v) is 8.88. The maximum atomic E-state index is 10.9. The van der Waals surface area contributed by atoms with E-state index in [-0.39, 0.29) is 17.4 Å². The molecule has 2 atom stereocenters. The van der Waals surface area contributed by atoms with E-state index in [9.17, 15) is 14.9 Å². The number of hydrogen-bond donors (Lipinski definition) is 0. The van der Waals surface area contributed by atoms with Gasteiger partial charge in [-0.1, -0.05) is 13.8 Å². The van der Waals surface area contributed by atoms with E-state index in [1.54, 1.807) is 6.08 Å². The summed E-state index contributed by atoms with van der Waals surface area (Å²) in [5.41, 5.74) is 0. The van der Waals surface area contributed by atoms with Gasteiger partial charge in [-0.25, -0.2) is 4.79 Å². The second-order valence-electron chi connectivity index (χ2n) is 4.17. The van der Waals surface area contributed by atoms with Gasteiger partial charge in [0.15, 0.2) is 0 Å². The molecule has 0 bridgehead atoms. The van der Waals surface area contributed by atoms with Crippen LogP contribution in [0.15, 0.2) is 12.2 Å². The van der Waals surface area contributed by atoms with Crippen molar-refractivity contribution in [3.05, 3.63) is 22.3 Å². The van der Waals surface area contributed by atoms with Gasteiger partial charge in [0.25, 0.3) is 0 Å². The third-order valence-electron chi connectivity index (χ3n) is 2.30. The standard InChI is InChI=1S/C10H15NO4/c1-7(2)5-8(6-11(13)14)9-3-4-10(12)15-9/h3-4,7-9H,5-6H2,1-2H3/t8-,9+/m0/s1. The predicted molar refractivity (Wildman–Crippen MR) is 53.8 cm³/mol. The third-order valence-corrected chi connectivity index (χ3v) is 2.30. The molecule has 0 N–H and O–H groups in total. The molecule has 1 rings (SSSR count). The van der Waals surface area contributed by atoms with Crippen LogP contribution in [0.25, 0.3) is 0 Å². The van der Waals surface area contributed by atoms with E-state index in [0.717, 1.165) is 0 Å². The van der Waals surface area contributed by atoms with E-state index in [2.05, 4.69) is 0 Å². The molecule has 1 aliphatic rings. The lowest BCUT2D eigenvalue weighted by Crippen LogP contribution is -2.28. The lowest BCUT2D eigenvalue weighted by molar-refractivity contribution is -0.490. The first-order valence-electron chi connectivity index (χ1n) is 4.99. The number of nitro groups is 1. The highest BCUT2D eigenvalue weighted by Crippen LogP contribution is 2.22. The second kappa shape index (κ2) is 4.91. The molecule has 0 unspecified atom stereocenters. The molecule has 0 spiro atoms. The number of ether oxygens (including phenoxy) is 1. The van der Waals surface area contributed by atoms with Gasteiger partial charge in [-0.2, -0.15) is 0 Å². The largest absolute Gasteiger partial charge is 0.454 e. The molecular weight excluding hydrogens is 198 g/mol. The Balaban J connectivity index is 2.59. The summed E-state index contributed by atoms with van der Waals surface area (Å²) in [4.78, 5) is 21.0. The van der Waals surface area contributed by atoms with Crippen molar-refractivity contribution in [2.45, 2.75) is 26.4 Å². The van der Waals surface area contributed by atoms with Crippen LogP contribution in [0.4, 0.5) is 0 Å². The lowest BCUT2D eigenvalue weighted by atomic mass is 9.92. The van der Waals surface area contributed by atoms with Gasteiger partial charge in [0, 0.05) is 11.0 Å². The fourth-order valence-corrected chi connectivity index (χ4v) is 1.75. The molecule has 0 fully saturated rings. The lowest BCUT2D eigenvalue weighted by Gasteiger charge is -2.19. The van der Waals surface area contributed by atoms with Gasteiger partial charge < -0.3 is 4.74 Å². The van der Waals surface area contributed by atoms with Gasteiger partial charge in [-0.3, -0.25) is 10.1 Å². The molecule has 0 radical (unpaired) electrons. The molecule has 0 aromatic carbocycles. The molecule has 5 nitrogen and oxygen atoms in total. The van der Waals surface area contributed by atoms with Crippen molar-refractivity contribution in [3.63, 3.8) is 0 Å². The zero-order chi connectivity index (χ0) is 11.4. The van der Waals surface area contributed by atoms with Gasteiger partial charge >= 0.3 is 5.97 Å². The first-order chi connectivity index (χ1) is 6.99. The normalized spacial score (nSPS) is 21.8. The van der Waals surface area contributed by atoms with Crippen LogP contribution in [-0.4, -0.2) is 23.5 Å². The van der Waals surface area contributed by atoms with Crippen LogP contribution in [0, 0.1) is 22.0 Å². The van der Waals surface area contributed by atoms with Gasteiger partial charge in [-0.05, 0) is 18.4 Å². The Morgan fingerprint density at radius 2 is 2.27 bits per heavy atom. The molecule has 0 amide bonds. The van der Waals surface area contributed by atoms with Crippen LogP contribution < -0.4 is 0 Å². The monoisotopic (exact) mass is 213 g/mol. The fraction of sp³-hybridized carbons (Fsp3) is 0.700. The molecule has 1 aliphatic heterocycles. The molecular formula is C10H15NO4. The third kappa shape index (κ3) is 3.69. The SMILES string of the molecule is CC(C)C[C@@H](C[N+](=O)[O-])[C@H]1C=CC(=O)O1. The smallest absolute Gasteiger partial charge is 0.331 e. The number of carbonyl (C=O) groups excluding carboxylic acids is 1. The number of esters is 1. The minimum atomic E-state index is -0.426. The Morgan fingerprint density at radius 3 is 2.67 bits per heavy atom. The quantitative estimate of drug-likeness (QED) is 0.393. The minimum Gasteiger partial charge on any atom is -0.454 e. The average molecular weight is 213 g/mol. The van der Waals surface area contributed by atoms with Crippen LogP contribution in [0.2, 0.25) is 0 Å². The summed E-state index contributed by atoms with van der Waals surface area (Å²) in [7, 11) is 0. The van der Waals surface area contributed by atoms with Crippen LogP contribution in [-0.2, 0) is 9.53 Å². The molecule has 0 saturated heterocycles. The van der Waals surface area contributed by atoms with Crippen molar-refractivity contribution in [3.8, 4) is 0 Å². The maximum absolute atomic E-state index is 10.9. The summed E-state index contributed by atoms with van der Waals surface area (Å²) in [6.45, 7) is 3.83. The van der Waals surface area contributed by atoms with Crippen LogP contribution in [0.5, 0.6) is 0 Å². The van der Waals surface area contributed by atoms with E-state index < -0.39 is 12.1 Å². The number of nitrogens with zero attached hydrogens (tertiary/aromatic N) is 1. The number of cyclic esters (lactones) is 1. The predicted octanol–water partition coefficient (Wildman–Crippen LogP) is 1.41. The van der Waals surface area contributed by atoms with Gasteiger partial charge in [-0.15, -0.1) is 0 Å². The molecule has 0 aromatic rings. The summed E-state index contributed by atoms with van der Waals surface area (Å²) in [5, 5.41) is 10.5. The van der Waals surface area contributed by atoms with E-state index >= 15 is 0 Å². The van der Waals surface area contributed by atoms with E-state index in [1.807, 2.05) is 13.8 Å². The van der Waals surface area contributed by atoms with E-state index in [4.69, 9.17) is 4.74 Å². The summed E-state index contributed by atoms with van der Waals surface area (Å²) in [5.74, 6) is -0.276. The first-order valence-corrected chi connectivity index (χ1v) is 4.99. The molecule has 0 saturated carbocycles. The summed E-state index contributed by atoms with van der Waals surface area (Å²) in [6, 6.07) is 0. The molecule has 15 heavy (non-hydrogen) atoms. The number of carbonyl (C=O) groups is 1. The van der Waals surface area contributed by atoms with Crippen molar-refractivity contribution in [1.82, 2.24) is 0 Å². The van der Waals surface area contributed by atoms with Crippen LogP contribution >= 0.6 is 0 Å². The van der Waals surface area contributed by atoms with Gasteiger partial charge in [0.1, 0.15) is 6.10 Å². The van der Waals surface area contributed by atoms with Crippen molar-refractivity contribution in [2.24, 2.45) is 11.8 Å². The fourth-order valence-electron chi connectivity index (χ4n) is 1.75. The van der Waals surface area contributed by atoms with Crippen molar-refractivity contribution in [2.75, 3.05) is 6.54 Å². The highest BCUT2D eigenvalue weighted by atomic mass is 16.6. The average Bonchev–Trinajstić information content (AvgIpc) is 2.48. The summed E-state index contributed by atoms with van der Waals surface area (Å²) in [6.07, 6.45) is 3.20. The highest BCUT2D eigenvalue weighted by molar-refractivity contribution is 5.84. The molecule has 84 valence electrons. The molecule has 0 aliphatic carbocycles. The van der Waals surface area contributed by atoms with Crippen LogP contribution in [0.3, 0.4) is 0 Å². The first kappa shape index (κ1) is 11.7. The Labute approximate surface area is 88.3 Å². The van der Waals surface area contributed by atoms with Crippen molar-refractivity contribution < 1.29 is 14.5 Å². The number of rotatable bonds is 5. The molecule has 0 aromatic heterocycles. The van der Waals surface area contributed by atoms with Crippen molar-refractivity contribution in [1.29, 1.82) is 0 Å². The summed E-state index contributed by atoms with van der Waals surface area (Å²) >= 11 is 0. The Hall–Kier alpha value is -1.39. The number of hydrogen-bond acceptors (Lipinski definition) is 4. The molecule has 1 heterocycles. The van der Waals surface area contributed by atoms with Crippen LogP contribution in [0.1, 0.15) is 20.3 Å². The maximum Gasteiger partial charge on any atom is 0.331 e. The Morgan fingerprint density at radius 1 is 1.60 bits per heavy atom. The second-order valence-corrected chi connectivity index (χ2v) is 4.17. The van der Waals surface area contributed by atoms with Gasteiger partial charge in [0.2, 0.25) is 6.54 Å². The minimum absolute atomic E-state index is 0.152.